The van der Waals surface area contributed by atoms with Crippen molar-refractivity contribution in [3.8, 4) is 0 Å². The van der Waals surface area contributed by atoms with Crippen LogP contribution in [0.25, 0.3) is 11.1 Å². The maximum absolute atomic E-state index is 12.4. The van der Waals surface area contributed by atoms with Gasteiger partial charge in [0.05, 0.1) is 5.52 Å². The molecule has 15 heavy (non-hydrogen) atoms. The van der Waals surface area contributed by atoms with Crippen LogP contribution in [-0.2, 0) is 0 Å². The molecule has 1 aromatic carbocycles. The van der Waals surface area contributed by atoms with Crippen molar-refractivity contribution < 1.29 is 13.2 Å². The second-order valence-corrected chi connectivity index (χ2v) is 3.99. The normalized spacial score (nSPS) is 13.6. The molecule has 0 spiro atoms. The molecular weight excluding hydrogens is 272 g/mol. The molecule has 0 saturated heterocycles. The SMILES string of the molecule is O=c1[nH]c2ccc(C(Br)C(F)F)cc2o1. The van der Waals surface area contributed by atoms with Crippen molar-refractivity contribution in [2.75, 3.05) is 0 Å². The summed E-state index contributed by atoms with van der Waals surface area (Å²) >= 11 is 2.86. The maximum Gasteiger partial charge on any atom is 0.417 e. The molecule has 1 N–H and O–H groups in total. The van der Waals surface area contributed by atoms with Gasteiger partial charge < -0.3 is 4.42 Å². The summed E-state index contributed by atoms with van der Waals surface area (Å²) in [5.74, 6) is -0.592. The minimum absolute atomic E-state index is 0.280. The Labute approximate surface area is 91.2 Å². The number of aromatic nitrogens is 1. The van der Waals surface area contributed by atoms with Crippen LogP contribution >= 0.6 is 15.9 Å². The summed E-state index contributed by atoms with van der Waals surface area (Å²) in [4.78, 5) is 12.2. The van der Waals surface area contributed by atoms with Crippen LogP contribution in [0.15, 0.2) is 27.4 Å². The Kier molecular flexibility index (Phi) is 2.60. The van der Waals surface area contributed by atoms with E-state index in [0.29, 0.717) is 11.1 Å². The van der Waals surface area contributed by atoms with Crippen LogP contribution < -0.4 is 5.76 Å². The Bertz CT molecular complexity index is 534. The fourth-order valence-corrected chi connectivity index (χ4v) is 1.56. The van der Waals surface area contributed by atoms with Crippen molar-refractivity contribution >= 4 is 27.0 Å². The van der Waals surface area contributed by atoms with Crippen LogP contribution in [-0.4, -0.2) is 11.4 Å². The molecule has 1 aromatic heterocycles. The summed E-state index contributed by atoms with van der Waals surface area (Å²) in [7, 11) is 0. The third-order valence-electron chi connectivity index (χ3n) is 1.98. The molecule has 2 aromatic rings. The van der Waals surface area contributed by atoms with Gasteiger partial charge in [0.25, 0.3) is 6.43 Å². The van der Waals surface area contributed by atoms with E-state index in [0.717, 1.165) is 0 Å². The largest absolute Gasteiger partial charge is 0.417 e. The van der Waals surface area contributed by atoms with Gasteiger partial charge in [0.2, 0.25) is 0 Å². The Morgan fingerprint density at radius 1 is 1.40 bits per heavy atom. The molecular formula is C9H6BrF2NO2. The highest BCUT2D eigenvalue weighted by atomic mass is 79.9. The Hall–Kier alpha value is -1.17. The summed E-state index contributed by atoms with van der Waals surface area (Å²) in [6.07, 6.45) is -2.51. The van der Waals surface area contributed by atoms with Gasteiger partial charge in [-0.15, -0.1) is 0 Å². The van der Waals surface area contributed by atoms with Crippen molar-refractivity contribution in [1.82, 2.24) is 4.98 Å². The lowest BCUT2D eigenvalue weighted by molar-refractivity contribution is 0.147. The first kappa shape index (κ1) is 10.4. The van der Waals surface area contributed by atoms with Crippen molar-refractivity contribution in [2.24, 2.45) is 0 Å². The van der Waals surface area contributed by atoms with Crippen molar-refractivity contribution in [3.05, 3.63) is 34.3 Å². The first-order valence-electron chi connectivity index (χ1n) is 4.13. The zero-order valence-corrected chi connectivity index (χ0v) is 8.92. The summed E-state index contributed by atoms with van der Waals surface area (Å²) in [6.45, 7) is 0. The Morgan fingerprint density at radius 2 is 2.13 bits per heavy atom. The molecule has 0 fully saturated rings. The van der Waals surface area contributed by atoms with Gasteiger partial charge in [-0.2, -0.15) is 0 Å². The van der Waals surface area contributed by atoms with Gasteiger partial charge in [-0.3, -0.25) is 4.98 Å². The van der Waals surface area contributed by atoms with E-state index in [1.54, 1.807) is 0 Å². The van der Waals surface area contributed by atoms with Crippen LogP contribution in [0.3, 0.4) is 0 Å². The average molecular weight is 278 g/mol. The summed E-state index contributed by atoms with van der Waals surface area (Å²) in [6, 6.07) is 4.46. The molecule has 1 unspecified atom stereocenters. The number of hydrogen-bond donors (Lipinski definition) is 1. The predicted molar refractivity (Wildman–Crippen MR) is 54.5 cm³/mol. The van der Waals surface area contributed by atoms with Crippen molar-refractivity contribution in [2.45, 2.75) is 11.3 Å². The molecule has 0 bridgehead atoms. The molecule has 0 aliphatic rings. The molecule has 0 aliphatic carbocycles. The quantitative estimate of drug-likeness (QED) is 0.858. The van der Waals surface area contributed by atoms with Crippen molar-refractivity contribution in [3.63, 3.8) is 0 Å². The van der Waals surface area contributed by atoms with Gasteiger partial charge in [0.1, 0.15) is 4.83 Å². The Balaban J connectivity index is 2.50. The van der Waals surface area contributed by atoms with Crippen LogP contribution in [0.5, 0.6) is 0 Å². The number of H-pyrrole nitrogens is 1. The van der Waals surface area contributed by atoms with Crippen LogP contribution in [0.2, 0.25) is 0 Å². The number of nitrogens with one attached hydrogen (secondary N) is 1. The molecule has 0 radical (unpaired) electrons. The van der Waals surface area contributed by atoms with E-state index in [2.05, 4.69) is 20.9 Å². The number of halogens is 3. The third kappa shape index (κ3) is 1.94. The lowest BCUT2D eigenvalue weighted by Crippen LogP contribution is -2.00. The topological polar surface area (TPSA) is 46.0 Å². The van der Waals surface area contributed by atoms with Crippen LogP contribution in [0.1, 0.15) is 10.4 Å². The fraction of sp³-hybridized carbons (Fsp3) is 0.222. The van der Waals surface area contributed by atoms with E-state index < -0.39 is 17.0 Å². The lowest BCUT2D eigenvalue weighted by Gasteiger charge is -2.07. The predicted octanol–water partition coefficient (Wildman–Crippen LogP) is 2.82. The smallest absolute Gasteiger partial charge is 0.408 e. The number of benzene rings is 1. The highest BCUT2D eigenvalue weighted by Gasteiger charge is 2.19. The van der Waals surface area contributed by atoms with Crippen LogP contribution in [0.4, 0.5) is 8.78 Å². The maximum atomic E-state index is 12.4. The van der Waals surface area contributed by atoms with Gasteiger partial charge in [-0.25, -0.2) is 13.6 Å². The third-order valence-corrected chi connectivity index (χ3v) is 2.91. The van der Waals surface area contributed by atoms with Gasteiger partial charge in [0.15, 0.2) is 5.58 Å². The van der Waals surface area contributed by atoms with Gasteiger partial charge in [0, 0.05) is 0 Å². The van der Waals surface area contributed by atoms with E-state index >= 15 is 0 Å². The molecule has 0 aliphatic heterocycles. The zero-order valence-electron chi connectivity index (χ0n) is 7.34. The van der Waals surface area contributed by atoms with Gasteiger partial charge in [-0.1, -0.05) is 22.0 Å². The fourth-order valence-electron chi connectivity index (χ4n) is 1.28. The molecule has 1 atom stereocenters. The minimum atomic E-state index is -2.51. The number of rotatable bonds is 2. The molecule has 6 heteroatoms. The Morgan fingerprint density at radius 3 is 2.80 bits per heavy atom. The molecule has 1 heterocycles. The average Bonchev–Trinajstić information content (AvgIpc) is 2.55. The van der Waals surface area contributed by atoms with E-state index in [1.807, 2.05) is 0 Å². The van der Waals surface area contributed by atoms with Gasteiger partial charge in [-0.05, 0) is 17.7 Å². The molecule has 2 rings (SSSR count). The van der Waals surface area contributed by atoms with Gasteiger partial charge >= 0.3 is 5.76 Å². The lowest BCUT2D eigenvalue weighted by atomic mass is 10.1. The number of aromatic amines is 1. The molecule has 80 valence electrons. The van der Waals surface area contributed by atoms with E-state index in [1.165, 1.54) is 18.2 Å². The van der Waals surface area contributed by atoms with Crippen LogP contribution in [0, 0.1) is 0 Å². The van der Waals surface area contributed by atoms with E-state index in [4.69, 9.17) is 4.42 Å². The van der Waals surface area contributed by atoms with E-state index in [9.17, 15) is 13.6 Å². The molecule has 0 amide bonds. The number of hydrogen-bond acceptors (Lipinski definition) is 2. The number of fused-ring (bicyclic) bond motifs is 1. The summed E-state index contributed by atoms with van der Waals surface area (Å²) < 4.78 is 29.5. The molecule has 3 nitrogen and oxygen atoms in total. The minimum Gasteiger partial charge on any atom is -0.408 e. The monoisotopic (exact) mass is 277 g/mol. The standard InChI is InChI=1S/C9H6BrF2NO2/c10-7(8(11)12)4-1-2-5-6(3-4)15-9(14)13-5/h1-3,7-8H,(H,13,14). The second kappa shape index (κ2) is 3.77. The summed E-state index contributed by atoms with van der Waals surface area (Å²) in [5.41, 5.74) is 1.15. The first-order valence-corrected chi connectivity index (χ1v) is 5.04. The second-order valence-electron chi connectivity index (χ2n) is 3.01. The van der Waals surface area contributed by atoms with E-state index in [-0.39, 0.29) is 5.58 Å². The first-order chi connectivity index (χ1) is 7.08. The highest BCUT2D eigenvalue weighted by molar-refractivity contribution is 9.09. The van der Waals surface area contributed by atoms with Crippen molar-refractivity contribution in [1.29, 1.82) is 0 Å². The summed E-state index contributed by atoms with van der Waals surface area (Å²) in [5, 5.41) is 0. The number of alkyl halides is 3. The highest BCUT2D eigenvalue weighted by Crippen LogP contribution is 2.30. The zero-order chi connectivity index (χ0) is 11.0. The molecule has 0 saturated carbocycles. The number of oxazole rings is 1.